The Hall–Kier alpha value is -2.08. The average Bonchev–Trinajstić information content (AvgIpc) is 2.86. The molecule has 1 atom stereocenters. The Kier molecular flexibility index (Phi) is 4.99. The Morgan fingerprint density at radius 2 is 1.92 bits per heavy atom. The maximum atomic E-state index is 13.2. The van der Waals surface area contributed by atoms with Gasteiger partial charge < -0.3 is 9.47 Å². The summed E-state index contributed by atoms with van der Waals surface area (Å²) < 4.78 is 25.7. The molecule has 6 heteroatoms. The number of sulfone groups is 1. The first-order valence-electron chi connectivity index (χ1n) is 8.60. The Morgan fingerprint density at radius 1 is 1.12 bits per heavy atom. The Balaban J connectivity index is 1.97. The second-order valence-electron chi connectivity index (χ2n) is 6.71. The van der Waals surface area contributed by atoms with Gasteiger partial charge in [0.25, 0.3) is 5.91 Å². The van der Waals surface area contributed by atoms with Crippen molar-refractivity contribution in [1.29, 1.82) is 0 Å². The summed E-state index contributed by atoms with van der Waals surface area (Å²) in [5, 5.41) is 0. The molecule has 2 aromatic rings. The lowest BCUT2D eigenvalue weighted by molar-refractivity contribution is 0.0674. The van der Waals surface area contributed by atoms with Crippen LogP contribution in [0.15, 0.2) is 47.5 Å². The molecule has 1 aromatic heterocycles. The van der Waals surface area contributed by atoms with E-state index in [4.69, 9.17) is 0 Å². The highest BCUT2D eigenvalue weighted by molar-refractivity contribution is 7.90. The molecule has 1 aromatic carbocycles. The number of hydrogen-bond donors (Lipinski definition) is 0. The van der Waals surface area contributed by atoms with Gasteiger partial charge in [-0.05, 0) is 43.2 Å². The summed E-state index contributed by atoms with van der Waals surface area (Å²) >= 11 is 0. The van der Waals surface area contributed by atoms with Crippen LogP contribution in [0.25, 0.3) is 0 Å². The second-order valence-corrected chi connectivity index (χ2v) is 8.72. The lowest BCUT2D eigenvalue weighted by Gasteiger charge is -2.31. The van der Waals surface area contributed by atoms with E-state index in [-0.39, 0.29) is 16.8 Å². The van der Waals surface area contributed by atoms with E-state index in [1.165, 1.54) is 12.1 Å². The van der Waals surface area contributed by atoms with Crippen molar-refractivity contribution >= 4 is 15.7 Å². The first-order valence-corrected chi connectivity index (χ1v) is 10.5. The molecule has 1 aliphatic heterocycles. The molecular formula is C19H24N2O3S. The van der Waals surface area contributed by atoms with Gasteiger partial charge in [-0.1, -0.05) is 18.9 Å². The minimum atomic E-state index is -3.34. The van der Waals surface area contributed by atoms with Crippen LogP contribution in [-0.4, -0.2) is 36.6 Å². The van der Waals surface area contributed by atoms with E-state index in [0.29, 0.717) is 12.1 Å². The molecule has 0 aliphatic carbocycles. The molecule has 25 heavy (non-hydrogen) atoms. The SMILES string of the molecule is Cn1cccc1[C@H]1CCCCCN1C(=O)c1cccc(S(C)(=O)=O)c1. The van der Waals surface area contributed by atoms with Crippen LogP contribution >= 0.6 is 0 Å². The van der Waals surface area contributed by atoms with Gasteiger partial charge >= 0.3 is 0 Å². The molecule has 0 spiro atoms. The normalized spacial score (nSPS) is 18.8. The van der Waals surface area contributed by atoms with Crippen molar-refractivity contribution in [2.24, 2.45) is 7.05 Å². The van der Waals surface area contributed by atoms with E-state index < -0.39 is 9.84 Å². The van der Waals surface area contributed by atoms with Crippen molar-refractivity contribution in [3.63, 3.8) is 0 Å². The number of benzene rings is 1. The number of aryl methyl sites for hydroxylation is 1. The molecule has 0 bridgehead atoms. The Labute approximate surface area is 149 Å². The van der Waals surface area contributed by atoms with Gasteiger partial charge in [-0.3, -0.25) is 4.79 Å². The van der Waals surface area contributed by atoms with E-state index in [0.717, 1.165) is 37.6 Å². The average molecular weight is 360 g/mol. The number of nitrogens with zero attached hydrogens (tertiary/aromatic N) is 2. The summed E-state index contributed by atoms with van der Waals surface area (Å²) in [4.78, 5) is 15.3. The Bertz CT molecular complexity index is 870. The van der Waals surface area contributed by atoms with Crippen LogP contribution in [0.4, 0.5) is 0 Å². The molecule has 134 valence electrons. The number of likely N-dealkylation sites (tertiary alicyclic amines) is 1. The van der Waals surface area contributed by atoms with Gasteiger partial charge in [0.05, 0.1) is 10.9 Å². The van der Waals surface area contributed by atoms with Gasteiger partial charge in [-0.25, -0.2) is 8.42 Å². The first kappa shape index (κ1) is 17.7. The van der Waals surface area contributed by atoms with Gasteiger partial charge in [0.15, 0.2) is 9.84 Å². The van der Waals surface area contributed by atoms with Crippen LogP contribution in [-0.2, 0) is 16.9 Å². The second kappa shape index (κ2) is 7.04. The number of carbonyl (C=O) groups excluding carboxylic acids is 1. The molecule has 3 rings (SSSR count). The molecule has 1 amide bonds. The topological polar surface area (TPSA) is 59.4 Å². The lowest BCUT2D eigenvalue weighted by atomic mass is 10.1. The third kappa shape index (κ3) is 3.79. The van der Waals surface area contributed by atoms with E-state index in [9.17, 15) is 13.2 Å². The smallest absolute Gasteiger partial charge is 0.254 e. The number of hydrogen-bond acceptors (Lipinski definition) is 3. The molecule has 0 saturated carbocycles. The van der Waals surface area contributed by atoms with Gasteiger partial charge in [0.2, 0.25) is 0 Å². The fourth-order valence-corrected chi connectivity index (χ4v) is 4.17. The van der Waals surface area contributed by atoms with E-state index in [1.54, 1.807) is 12.1 Å². The van der Waals surface area contributed by atoms with Crippen LogP contribution in [0.3, 0.4) is 0 Å². The third-order valence-electron chi connectivity index (χ3n) is 4.85. The summed E-state index contributed by atoms with van der Waals surface area (Å²) in [6.07, 6.45) is 7.24. The zero-order valence-corrected chi connectivity index (χ0v) is 15.5. The number of carbonyl (C=O) groups is 1. The largest absolute Gasteiger partial charge is 0.353 e. The highest BCUT2D eigenvalue weighted by Crippen LogP contribution is 2.31. The summed E-state index contributed by atoms with van der Waals surface area (Å²) in [6.45, 7) is 0.692. The molecule has 2 heterocycles. The molecule has 1 aliphatic rings. The van der Waals surface area contributed by atoms with Gasteiger partial charge in [-0.2, -0.15) is 0 Å². The summed E-state index contributed by atoms with van der Waals surface area (Å²) in [5.74, 6) is -0.0985. The fourth-order valence-electron chi connectivity index (χ4n) is 3.50. The highest BCUT2D eigenvalue weighted by Gasteiger charge is 2.29. The lowest BCUT2D eigenvalue weighted by Crippen LogP contribution is -2.35. The maximum absolute atomic E-state index is 13.2. The van der Waals surface area contributed by atoms with E-state index in [1.807, 2.05) is 24.2 Å². The first-order chi connectivity index (χ1) is 11.9. The summed E-state index contributed by atoms with van der Waals surface area (Å²) in [6, 6.07) is 10.4. The zero-order chi connectivity index (χ0) is 18.0. The van der Waals surface area contributed by atoms with Crippen LogP contribution < -0.4 is 0 Å². The number of rotatable bonds is 3. The van der Waals surface area contributed by atoms with Crippen molar-refractivity contribution in [1.82, 2.24) is 9.47 Å². The van der Waals surface area contributed by atoms with E-state index in [2.05, 4.69) is 10.6 Å². The van der Waals surface area contributed by atoms with E-state index >= 15 is 0 Å². The standard InChI is InChI=1S/C19H24N2O3S/c1-20-12-7-11-17(20)18-10-4-3-5-13-21(18)19(22)15-8-6-9-16(14-15)25(2,23)24/h6-9,11-12,14,18H,3-5,10,13H2,1-2H3/t18-/m1/s1. The van der Waals surface area contributed by atoms with Crippen molar-refractivity contribution in [2.45, 2.75) is 36.6 Å². The van der Waals surface area contributed by atoms with Crippen LogP contribution in [0, 0.1) is 0 Å². The van der Waals surface area contributed by atoms with Crippen LogP contribution in [0.1, 0.15) is 47.8 Å². The monoisotopic (exact) mass is 360 g/mol. The predicted molar refractivity (Wildman–Crippen MR) is 97.2 cm³/mol. The van der Waals surface area contributed by atoms with Gasteiger partial charge in [-0.15, -0.1) is 0 Å². The van der Waals surface area contributed by atoms with Crippen molar-refractivity contribution in [3.8, 4) is 0 Å². The molecule has 1 fully saturated rings. The molecule has 0 N–H and O–H groups in total. The third-order valence-corrected chi connectivity index (χ3v) is 5.96. The maximum Gasteiger partial charge on any atom is 0.254 e. The quantitative estimate of drug-likeness (QED) is 0.845. The number of aromatic nitrogens is 1. The van der Waals surface area contributed by atoms with Gasteiger partial charge in [0, 0.05) is 37.3 Å². The molecule has 0 unspecified atom stereocenters. The minimum absolute atomic E-state index is 0.0249. The fraction of sp³-hybridized carbons (Fsp3) is 0.421. The zero-order valence-electron chi connectivity index (χ0n) is 14.7. The highest BCUT2D eigenvalue weighted by atomic mass is 32.2. The molecular weight excluding hydrogens is 336 g/mol. The summed E-state index contributed by atoms with van der Waals surface area (Å²) in [5.41, 5.74) is 1.55. The van der Waals surface area contributed by atoms with Crippen LogP contribution in [0.2, 0.25) is 0 Å². The van der Waals surface area contributed by atoms with Crippen molar-refractivity contribution < 1.29 is 13.2 Å². The molecule has 1 saturated heterocycles. The van der Waals surface area contributed by atoms with Crippen LogP contribution in [0.5, 0.6) is 0 Å². The molecule has 5 nitrogen and oxygen atoms in total. The predicted octanol–water partition coefficient (Wildman–Crippen LogP) is 3.19. The van der Waals surface area contributed by atoms with Crippen molar-refractivity contribution in [3.05, 3.63) is 53.9 Å². The molecule has 0 radical (unpaired) electrons. The van der Waals surface area contributed by atoms with Gasteiger partial charge in [0.1, 0.15) is 0 Å². The van der Waals surface area contributed by atoms with Crippen molar-refractivity contribution in [2.75, 3.05) is 12.8 Å². The minimum Gasteiger partial charge on any atom is -0.353 e. The Morgan fingerprint density at radius 3 is 2.60 bits per heavy atom. The number of amides is 1. The summed E-state index contributed by atoms with van der Waals surface area (Å²) in [7, 11) is -1.34.